The second-order valence-corrected chi connectivity index (χ2v) is 8.42. The van der Waals surface area contributed by atoms with Crippen LogP contribution in [-0.4, -0.2) is 41.8 Å². The summed E-state index contributed by atoms with van der Waals surface area (Å²) in [5.74, 6) is 0.716. The van der Waals surface area contributed by atoms with E-state index in [9.17, 15) is 0 Å². The van der Waals surface area contributed by atoms with Gasteiger partial charge in [0.2, 0.25) is 5.95 Å². The Hall–Kier alpha value is -2.48. The van der Waals surface area contributed by atoms with Gasteiger partial charge in [-0.25, -0.2) is 9.97 Å². The molecule has 142 valence electrons. The average Bonchev–Trinajstić information content (AvgIpc) is 3.04. The van der Waals surface area contributed by atoms with Crippen LogP contribution in [0.2, 0.25) is 0 Å². The predicted molar refractivity (Wildman–Crippen MR) is 111 cm³/mol. The first-order valence-electron chi connectivity index (χ1n) is 9.27. The van der Waals surface area contributed by atoms with Crippen LogP contribution in [0.1, 0.15) is 11.1 Å². The Balaban J connectivity index is 1.51. The minimum Gasteiger partial charge on any atom is -0.379 e. The highest BCUT2D eigenvalue weighted by atomic mass is 32.2. The summed E-state index contributed by atoms with van der Waals surface area (Å²) in [6.07, 6.45) is 5.53. The van der Waals surface area contributed by atoms with Crippen molar-refractivity contribution in [2.24, 2.45) is 0 Å². The molecule has 2 aromatic heterocycles. The standard InChI is InChI=1S/C21H21N5OS/c1-14-5-6-23-18(7-14)15-9-24-20(25-10-15)26-11-21(12-27-13-21)17-4-3-16(28-22-2)8-19(17)26/h3-10,22H,11-13H2,1-2H3. The number of hydrogen-bond donors (Lipinski definition) is 1. The molecule has 0 saturated carbocycles. The van der Waals surface area contributed by atoms with E-state index in [-0.39, 0.29) is 5.41 Å². The molecule has 0 unspecified atom stereocenters. The molecule has 0 amide bonds. The number of anilines is 2. The van der Waals surface area contributed by atoms with Gasteiger partial charge in [-0.1, -0.05) is 6.07 Å². The highest BCUT2D eigenvalue weighted by Crippen LogP contribution is 2.48. The molecule has 1 N–H and O–H groups in total. The van der Waals surface area contributed by atoms with Crippen molar-refractivity contribution in [2.75, 3.05) is 31.7 Å². The number of aromatic nitrogens is 3. The van der Waals surface area contributed by atoms with Gasteiger partial charge in [0.15, 0.2) is 0 Å². The molecular formula is C21H21N5OS. The molecule has 0 bridgehead atoms. The van der Waals surface area contributed by atoms with Crippen molar-refractivity contribution in [1.29, 1.82) is 0 Å². The van der Waals surface area contributed by atoms with E-state index < -0.39 is 0 Å². The topological polar surface area (TPSA) is 63.2 Å². The van der Waals surface area contributed by atoms with Gasteiger partial charge in [-0.3, -0.25) is 9.71 Å². The second kappa shape index (κ2) is 6.84. The van der Waals surface area contributed by atoms with Crippen LogP contribution in [0.15, 0.2) is 53.8 Å². The third kappa shape index (κ3) is 2.87. The fourth-order valence-corrected chi connectivity index (χ4v) is 4.44. The lowest BCUT2D eigenvalue weighted by molar-refractivity contribution is -0.0507. The predicted octanol–water partition coefficient (Wildman–Crippen LogP) is 3.49. The summed E-state index contributed by atoms with van der Waals surface area (Å²) < 4.78 is 8.72. The van der Waals surface area contributed by atoms with E-state index in [0.717, 1.165) is 31.0 Å². The van der Waals surface area contributed by atoms with Gasteiger partial charge in [0.25, 0.3) is 0 Å². The van der Waals surface area contributed by atoms with Crippen LogP contribution < -0.4 is 9.62 Å². The molecule has 6 nitrogen and oxygen atoms in total. The molecule has 0 atom stereocenters. The van der Waals surface area contributed by atoms with Crippen LogP contribution >= 0.6 is 11.9 Å². The fraction of sp³-hybridized carbons (Fsp3) is 0.286. The van der Waals surface area contributed by atoms with Crippen molar-refractivity contribution in [1.82, 2.24) is 19.7 Å². The average molecular weight is 392 g/mol. The Morgan fingerprint density at radius 3 is 2.61 bits per heavy atom. The van der Waals surface area contributed by atoms with Gasteiger partial charge in [0, 0.05) is 41.3 Å². The van der Waals surface area contributed by atoms with Gasteiger partial charge in [0.1, 0.15) is 0 Å². The molecular weight excluding hydrogens is 370 g/mol. The smallest absolute Gasteiger partial charge is 0.229 e. The minimum atomic E-state index is 0.0539. The number of nitrogens with one attached hydrogen (secondary N) is 1. The zero-order valence-electron chi connectivity index (χ0n) is 15.8. The Morgan fingerprint density at radius 1 is 1.11 bits per heavy atom. The molecule has 1 spiro atoms. The number of pyridine rings is 1. The van der Waals surface area contributed by atoms with Gasteiger partial charge in [-0.2, -0.15) is 0 Å². The lowest BCUT2D eigenvalue weighted by Crippen LogP contribution is -2.49. The van der Waals surface area contributed by atoms with Gasteiger partial charge < -0.3 is 9.64 Å². The third-order valence-corrected chi connectivity index (χ3v) is 6.05. The molecule has 2 aliphatic rings. The third-order valence-electron chi connectivity index (χ3n) is 5.36. The first-order chi connectivity index (χ1) is 13.7. The van der Waals surface area contributed by atoms with Crippen LogP contribution in [-0.2, 0) is 10.2 Å². The highest BCUT2D eigenvalue weighted by Gasteiger charge is 2.49. The van der Waals surface area contributed by atoms with Gasteiger partial charge in [-0.05, 0) is 61.3 Å². The summed E-state index contributed by atoms with van der Waals surface area (Å²) in [5.41, 5.74) is 5.54. The zero-order chi connectivity index (χ0) is 19.1. The van der Waals surface area contributed by atoms with E-state index in [1.165, 1.54) is 21.7 Å². The molecule has 7 heteroatoms. The maximum absolute atomic E-state index is 5.57. The quantitative estimate of drug-likeness (QED) is 0.683. The normalized spacial score (nSPS) is 16.9. The lowest BCUT2D eigenvalue weighted by Gasteiger charge is -2.38. The summed E-state index contributed by atoms with van der Waals surface area (Å²) in [4.78, 5) is 17.2. The maximum atomic E-state index is 5.57. The molecule has 0 aliphatic carbocycles. The summed E-state index contributed by atoms with van der Waals surface area (Å²) in [6.45, 7) is 4.40. The molecule has 1 saturated heterocycles. The second-order valence-electron chi connectivity index (χ2n) is 7.33. The number of aryl methyl sites for hydroxylation is 1. The lowest BCUT2D eigenvalue weighted by atomic mass is 9.81. The SMILES string of the molecule is CNSc1ccc2c(c1)N(c1ncc(-c3cc(C)ccn3)cn1)CC21COC1. The Kier molecular flexibility index (Phi) is 4.30. The van der Waals surface area contributed by atoms with E-state index in [1.54, 1.807) is 11.9 Å². The van der Waals surface area contributed by atoms with Crippen molar-refractivity contribution in [3.05, 3.63) is 60.0 Å². The van der Waals surface area contributed by atoms with Crippen molar-refractivity contribution in [3.8, 4) is 11.3 Å². The van der Waals surface area contributed by atoms with E-state index >= 15 is 0 Å². The monoisotopic (exact) mass is 391 g/mol. The Labute approximate surface area is 168 Å². The van der Waals surface area contributed by atoms with Crippen LogP contribution in [0.3, 0.4) is 0 Å². The molecule has 28 heavy (non-hydrogen) atoms. The minimum absolute atomic E-state index is 0.0539. The Bertz CT molecular complexity index is 1020. The number of hydrogen-bond acceptors (Lipinski definition) is 7. The van der Waals surface area contributed by atoms with Crippen LogP contribution in [0.25, 0.3) is 11.3 Å². The first kappa shape index (κ1) is 17.6. The zero-order valence-corrected chi connectivity index (χ0v) is 16.7. The number of fused-ring (bicyclic) bond motifs is 2. The first-order valence-corrected chi connectivity index (χ1v) is 10.1. The highest BCUT2D eigenvalue weighted by molar-refractivity contribution is 7.97. The summed E-state index contributed by atoms with van der Waals surface area (Å²) in [6, 6.07) is 10.6. The van der Waals surface area contributed by atoms with Gasteiger partial charge in [-0.15, -0.1) is 0 Å². The molecule has 0 radical (unpaired) electrons. The van der Waals surface area contributed by atoms with E-state index in [0.29, 0.717) is 5.95 Å². The fourth-order valence-electron chi connectivity index (χ4n) is 3.90. The van der Waals surface area contributed by atoms with Crippen LogP contribution in [0.5, 0.6) is 0 Å². The number of rotatable bonds is 4. The van der Waals surface area contributed by atoms with Gasteiger partial charge in [0.05, 0.1) is 24.3 Å². The summed E-state index contributed by atoms with van der Waals surface area (Å²) >= 11 is 1.61. The summed E-state index contributed by atoms with van der Waals surface area (Å²) in [5, 5.41) is 0. The Morgan fingerprint density at radius 2 is 1.93 bits per heavy atom. The largest absolute Gasteiger partial charge is 0.379 e. The molecule has 4 heterocycles. The molecule has 5 rings (SSSR count). The van der Waals surface area contributed by atoms with E-state index in [4.69, 9.17) is 4.74 Å². The van der Waals surface area contributed by atoms with Crippen LogP contribution in [0, 0.1) is 6.92 Å². The van der Waals surface area contributed by atoms with Crippen molar-refractivity contribution < 1.29 is 4.74 Å². The molecule has 1 aromatic carbocycles. The maximum Gasteiger partial charge on any atom is 0.229 e. The van der Waals surface area contributed by atoms with E-state index in [2.05, 4.69) is 49.7 Å². The molecule has 1 fully saturated rings. The number of benzene rings is 1. The number of nitrogens with zero attached hydrogens (tertiary/aromatic N) is 4. The number of ether oxygens (including phenoxy) is 1. The van der Waals surface area contributed by atoms with Crippen LogP contribution in [0.4, 0.5) is 11.6 Å². The van der Waals surface area contributed by atoms with Crippen molar-refractivity contribution >= 4 is 23.6 Å². The van der Waals surface area contributed by atoms with E-state index in [1.807, 2.05) is 37.8 Å². The molecule has 3 aromatic rings. The van der Waals surface area contributed by atoms with Gasteiger partial charge >= 0.3 is 0 Å². The summed E-state index contributed by atoms with van der Waals surface area (Å²) in [7, 11) is 1.93. The van der Waals surface area contributed by atoms with Crippen molar-refractivity contribution in [2.45, 2.75) is 17.2 Å². The molecule has 2 aliphatic heterocycles. The van der Waals surface area contributed by atoms with Crippen molar-refractivity contribution in [3.63, 3.8) is 0 Å².